The Labute approximate surface area is 141 Å². The zero-order valence-corrected chi connectivity index (χ0v) is 14.6. The summed E-state index contributed by atoms with van der Waals surface area (Å²) in [6.45, 7) is 4.60. The Morgan fingerprint density at radius 3 is 2.96 bits per heavy atom. The molecular formula is C17H24N4OS. The fourth-order valence-corrected chi connectivity index (χ4v) is 3.63. The number of aromatic nitrogens is 2. The van der Waals surface area contributed by atoms with Gasteiger partial charge in [0.2, 0.25) is 5.91 Å². The van der Waals surface area contributed by atoms with E-state index < -0.39 is 0 Å². The van der Waals surface area contributed by atoms with E-state index in [0.29, 0.717) is 5.75 Å². The van der Waals surface area contributed by atoms with Gasteiger partial charge in [-0.2, -0.15) is 0 Å². The zero-order chi connectivity index (χ0) is 16.2. The van der Waals surface area contributed by atoms with Gasteiger partial charge in [-0.25, -0.2) is 4.98 Å². The number of imidazole rings is 1. The van der Waals surface area contributed by atoms with Crippen molar-refractivity contribution in [3.8, 4) is 0 Å². The van der Waals surface area contributed by atoms with E-state index in [2.05, 4.69) is 39.8 Å². The lowest BCUT2D eigenvalue weighted by atomic mass is 10.3. The van der Waals surface area contributed by atoms with Gasteiger partial charge in [0.15, 0.2) is 5.16 Å². The van der Waals surface area contributed by atoms with Crippen molar-refractivity contribution >= 4 is 28.7 Å². The first-order chi connectivity index (χ1) is 11.2. The van der Waals surface area contributed by atoms with Gasteiger partial charge in [-0.15, -0.1) is 0 Å². The summed E-state index contributed by atoms with van der Waals surface area (Å²) in [5, 5.41) is 3.91. The fraction of sp³-hybridized carbons (Fsp3) is 0.529. The summed E-state index contributed by atoms with van der Waals surface area (Å²) in [6.07, 6.45) is 2.60. The highest BCUT2D eigenvalue weighted by Gasteiger charge is 2.25. The van der Waals surface area contributed by atoms with Gasteiger partial charge in [-0.1, -0.05) is 23.9 Å². The van der Waals surface area contributed by atoms with Gasteiger partial charge < -0.3 is 14.8 Å². The third kappa shape index (κ3) is 4.06. The lowest BCUT2D eigenvalue weighted by Crippen LogP contribution is -2.34. The second-order valence-corrected chi connectivity index (χ2v) is 6.92. The van der Waals surface area contributed by atoms with E-state index in [9.17, 15) is 4.79 Å². The van der Waals surface area contributed by atoms with Crippen LogP contribution < -0.4 is 5.32 Å². The summed E-state index contributed by atoms with van der Waals surface area (Å²) in [5.41, 5.74) is 2.12. The molecule has 0 radical (unpaired) electrons. The van der Waals surface area contributed by atoms with Crippen LogP contribution in [0.1, 0.15) is 19.8 Å². The number of fused-ring (bicyclic) bond motifs is 1. The molecule has 1 aliphatic carbocycles. The van der Waals surface area contributed by atoms with Crippen molar-refractivity contribution in [3.63, 3.8) is 0 Å². The molecule has 0 spiro atoms. The summed E-state index contributed by atoms with van der Waals surface area (Å²) in [7, 11) is 2.13. The number of rotatable bonds is 8. The molecule has 5 nitrogen and oxygen atoms in total. The number of thioether (sulfide) groups is 1. The average Bonchev–Trinajstić information content (AvgIpc) is 3.34. The number of aryl methyl sites for hydroxylation is 1. The SMILES string of the molecule is CCn1c(SCC(=O)NCCN(C)C2CC2)nc2ccccc21. The number of para-hydroxylation sites is 2. The Morgan fingerprint density at radius 1 is 1.43 bits per heavy atom. The quantitative estimate of drug-likeness (QED) is 0.754. The maximum atomic E-state index is 12.0. The Morgan fingerprint density at radius 2 is 2.22 bits per heavy atom. The molecule has 1 aromatic carbocycles. The molecule has 6 heteroatoms. The van der Waals surface area contributed by atoms with Gasteiger partial charge >= 0.3 is 0 Å². The van der Waals surface area contributed by atoms with Crippen molar-refractivity contribution in [2.75, 3.05) is 25.9 Å². The molecule has 1 aromatic heterocycles. The topological polar surface area (TPSA) is 50.2 Å². The maximum absolute atomic E-state index is 12.0. The highest BCUT2D eigenvalue weighted by molar-refractivity contribution is 7.99. The Hall–Kier alpha value is -1.53. The molecule has 1 fully saturated rings. The number of benzene rings is 1. The van der Waals surface area contributed by atoms with E-state index >= 15 is 0 Å². The summed E-state index contributed by atoms with van der Waals surface area (Å²) in [6, 6.07) is 8.84. The number of carbonyl (C=O) groups excluding carboxylic acids is 1. The van der Waals surface area contributed by atoms with Crippen molar-refractivity contribution in [1.29, 1.82) is 0 Å². The minimum absolute atomic E-state index is 0.0777. The third-order valence-electron chi connectivity index (χ3n) is 4.23. The van der Waals surface area contributed by atoms with E-state index in [0.717, 1.165) is 41.9 Å². The molecule has 23 heavy (non-hydrogen) atoms. The molecule has 124 valence electrons. The van der Waals surface area contributed by atoms with E-state index in [1.165, 1.54) is 24.6 Å². The first-order valence-corrected chi connectivity index (χ1v) is 9.22. The molecule has 0 unspecified atom stereocenters. The standard InChI is InChI=1S/C17H24N4OS/c1-3-21-15-7-5-4-6-14(15)19-17(21)23-12-16(22)18-10-11-20(2)13-8-9-13/h4-7,13H,3,8-12H2,1-2H3,(H,18,22). The molecule has 0 saturated heterocycles. The smallest absolute Gasteiger partial charge is 0.230 e. The van der Waals surface area contributed by atoms with Crippen LogP contribution in [0, 0.1) is 0 Å². The van der Waals surface area contributed by atoms with Gasteiger partial charge in [0.05, 0.1) is 16.8 Å². The van der Waals surface area contributed by atoms with Crippen LogP contribution in [0.25, 0.3) is 11.0 Å². The highest BCUT2D eigenvalue weighted by atomic mass is 32.2. The summed E-state index contributed by atoms with van der Waals surface area (Å²) >= 11 is 1.51. The number of likely N-dealkylation sites (N-methyl/N-ethyl adjacent to an activating group) is 1. The van der Waals surface area contributed by atoms with Crippen LogP contribution in [0.2, 0.25) is 0 Å². The number of amides is 1. The molecule has 1 saturated carbocycles. The van der Waals surface area contributed by atoms with E-state index in [4.69, 9.17) is 0 Å². The van der Waals surface area contributed by atoms with E-state index in [-0.39, 0.29) is 5.91 Å². The van der Waals surface area contributed by atoms with Crippen LogP contribution >= 0.6 is 11.8 Å². The van der Waals surface area contributed by atoms with Crippen molar-refractivity contribution in [1.82, 2.24) is 19.8 Å². The fourth-order valence-electron chi connectivity index (χ4n) is 2.72. The van der Waals surface area contributed by atoms with Crippen LogP contribution in [0.5, 0.6) is 0 Å². The van der Waals surface area contributed by atoms with Crippen LogP contribution in [0.3, 0.4) is 0 Å². The van der Waals surface area contributed by atoms with Crippen LogP contribution in [-0.2, 0) is 11.3 Å². The molecule has 1 aliphatic rings. The number of nitrogens with zero attached hydrogens (tertiary/aromatic N) is 3. The van der Waals surface area contributed by atoms with E-state index in [1.54, 1.807) is 0 Å². The van der Waals surface area contributed by atoms with Crippen molar-refractivity contribution in [2.45, 2.75) is 37.5 Å². The zero-order valence-electron chi connectivity index (χ0n) is 13.8. The summed E-state index contributed by atoms with van der Waals surface area (Å²) in [5.74, 6) is 0.491. The molecule has 0 aliphatic heterocycles. The van der Waals surface area contributed by atoms with Gasteiger partial charge in [-0.3, -0.25) is 4.79 Å². The summed E-state index contributed by atoms with van der Waals surface area (Å²) < 4.78 is 2.16. The molecule has 1 amide bonds. The second kappa shape index (κ2) is 7.36. The number of hydrogen-bond acceptors (Lipinski definition) is 4. The van der Waals surface area contributed by atoms with Crippen molar-refractivity contribution < 1.29 is 4.79 Å². The van der Waals surface area contributed by atoms with E-state index in [1.807, 2.05) is 18.2 Å². The number of nitrogens with one attached hydrogen (secondary N) is 1. The van der Waals surface area contributed by atoms with Crippen molar-refractivity contribution in [2.24, 2.45) is 0 Å². The highest BCUT2D eigenvalue weighted by Crippen LogP contribution is 2.25. The first-order valence-electron chi connectivity index (χ1n) is 8.24. The average molecular weight is 332 g/mol. The van der Waals surface area contributed by atoms with Gasteiger partial charge in [-0.05, 0) is 38.9 Å². The molecular weight excluding hydrogens is 308 g/mol. The normalized spacial score (nSPS) is 14.6. The van der Waals surface area contributed by atoms with Crippen molar-refractivity contribution in [3.05, 3.63) is 24.3 Å². The predicted molar refractivity (Wildman–Crippen MR) is 94.8 cm³/mol. The molecule has 0 bridgehead atoms. The predicted octanol–water partition coefficient (Wildman–Crippen LogP) is 2.36. The molecule has 1 N–H and O–H groups in total. The molecule has 0 atom stereocenters. The Bertz CT molecular complexity index is 680. The molecule has 2 aromatic rings. The minimum Gasteiger partial charge on any atom is -0.354 e. The molecule has 3 rings (SSSR count). The number of hydrogen-bond donors (Lipinski definition) is 1. The minimum atomic E-state index is 0.0777. The van der Waals surface area contributed by atoms with Crippen LogP contribution in [0.15, 0.2) is 29.4 Å². The largest absolute Gasteiger partial charge is 0.354 e. The van der Waals surface area contributed by atoms with Gasteiger partial charge in [0, 0.05) is 25.7 Å². The number of carbonyl (C=O) groups is 1. The maximum Gasteiger partial charge on any atom is 0.230 e. The lowest BCUT2D eigenvalue weighted by molar-refractivity contribution is -0.118. The molecule has 1 heterocycles. The first kappa shape index (κ1) is 16.3. The Balaban J connectivity index is 1.50. The lowest BCUT2D eigenvalue weighted by Gasteiger charge is -2.15. The Kier molecular flexibility index (Phi) is 5.23. The van der Waals surface area contributed by atoms with Crippen LogP contribution in [-0.4, -0.2) is 52.3 Å². The van der Waals surface area contributed by atoms with Crippen LogP contribution in [0.4, 0.5) is 0 Å². The third-order valence-corrected chi connectivity index (χ3v) is 5.20. The van der Waals surface area contributed by atoms with Gasteiger partial charge in [0.25, 0.3) is 0 Å². The second-order valence-electron chi connectivity index (χ2n) is 5.98. The van der Waals surface area contributed by atoms with Gasteiger partial charge in [0.1, 0.15) is 0 Å². The monoisotopic (exact) mass is 332 g/mol. The summed E-state index contributed by atoms with van der Waals surface area (Å²) in [4.78, 5) is 19.0.